The fourth-order valence-electron chi connectivity index (χ4n) is 1.39. The average molecular weight is 271 g/mol. The van der Waals surface area contributed by atoms with E-state index in [4.69, 9.17) is 0 Å². The molecule has 1 aromatic heterocycles. The second kappa shape index (κ2) is 6.21. The summed E-state index contributed by atoms with van der Waals surface area (Å²) in [6.45, 7) is 1.67. The van der Waals surface area contributed by atoms with Crippen molar-refractivity contribution in [1.82, 2.24) is 14.8 Å². The first-order valence-electron chi connectivity index (χ1n) is 5.67. The predicted octanol–water partition coefficient (Wildman–Crippen LogP) is 0.910. The highest BCUT2D eigenvalue weighted by molar-refractivity contribution is 5.96. The van der Waals surface area contributed by atoms with E-state index in [2.05, 4.69) is 4.98 Å². The Bertz CT molecular complexity index is 492. The second-order valence-corrected chi connectivity index (χ2v) is 4.07. The normalized spacial score (nSPS) is 10.2. The maximum Gasteiger partial charge on any atom is 0.257 e. The highest BCUT2D eigenvalue weighted by Gasteiger charge is 2.23. The minimum absolute atomic E-state index is 0.189. The van der Waals surface area contributed by atoms with Crippen LogP contribution in [0.4, 0.5) is 8.78 Å². The van der Waals surface area contributed by atoms with Crippen LogP contribution in [0.3, 0.4) is 0 Å². The van der Waals surface area contributed by atoms with Gasteiger partial charge in [-0.1, -0.05) is 0 Å². The molecule has 7 heteroatoms. The summed E-state index contributed by atoms with van der Waals surface area (Å²) in [6.07, 6.45) is 1.01. The summed E-state index contributed by atoms with van der Waals surface area (Å²) >= 11 is 0. The first-order chi connectivity index (χ1) is 8.88. The highest BCUT2D eigenvalue weighted by Crippen LogP contribution is 2.12. The summed E-state index contributed by atoms with van der Waals surface area (Å²) < 4.78 is 26.4. The number of pyridine rings is 1. The topological polar surface area (TPSA) is 53.5 Å². The molecule has 2 amide bonds. The number of hydrogen-bond donors (Lipinski definition) is 0. The van der Waals surface area contributed by atoms with Crippen LogP contribution >= 0.6 is 0 Å². The lowest BCUT2D eigenvalue weighted by Gasteiger charge is -2.22. The lowest BCUT2D eigenvalue weighted by molar-refractivity contribution is -0.129. The monoisotopic (exact) mass is 271 g/mol. The summed E-state index contributed by atoms with van der Waals surface area (Å²) in [5.41, 5.74) is -0.430. The molecule has 1 rings (SSSR count). The van der Waals surface area contributed by atoms with E-state index in [1.807, 2.05) is 0 Å². The van der Waals surface area contributed by atoms with Crippen molar-refractivity contribution in [2.24, 2.45) is 0 Å². The Kier molecular flexibility index (Phi) is 4.91. The molecule has 0 N–H and O–H groups in total. The number of likely N-dealkylation sites (N-methyl/N-ethyl adjacent to an activating group) is 2. The molecule has 0 aliphatic heterocycles. The lowest BCUT2D eigenvalue weighted by Crippen LogP contribution is -2.40. The average Bonchev–Trinajstić information content (AvgIpc) is 2.38. The molecule has 0 radical (unpaired) electrons. The summed E-state index contributed by atoms with van der Waals surface area (Å²) in [4.78, 5) is 29.1. The van der Waals surface area contributed by atoms with E-state index in [-0.39, 0.29) is 19.0 Å². The van der Waals surface area contributed by atoms with Crippen molar-refractivity contribution >= 4 is 11.8 Å². The van der Waals surface area contributed by atoms with E-state index in [0.717, 1.165) is 17.2 Å². The molecule has 0 atom stereocenters. The van der Waals surface area contributed by atoms with Crippen molar-refractivity contribution in [3.05, 3.63) is 29.6 Å². The van der Waals surface area contributed by atoms with Crippen molar-refractivity contribution < 1.29 is 18.4 Å². The Morgan fingerprint density at radius 1 is 1.32 bits per heavy atom. The Morgan fingerprint density at radius 3 is 2.47 bits per heavy atom. The van der Waals surface area contributed by atoms with Crippen molar-refractivity contribution in [2.45, 2.75) is 6.92 Å². The number of carbonyl (C=O) groups is 2. The number of nitrogens with zero attached hydrogens (tertiary/aromatic N) is 3. The van der Waals surface area contributed by atoms with Crippen molar-refractivity contribution in [3.63, 3.8) is 0 Å². The van der Waals surface area contributed by atoms with Gasteiger partial charge >= 0.3 is 0 Å². The summed E-state index contributed by atoms with van der Waals surface area (Å²) in [6, 6.07) is 1.09. The van der Waals surface area contributed by atoms with Gasteiger partial charge in [0.25, 0.3) is 5.91 Å². The van der Waals surface area contributed by atoms with E-state index in [0.29, 0.717) is 0 Å². The van der Waals surface area contributed by atoms with E-state index in [9.17, 15) is 18.4 Å². The molecule has 0 aromatic carbocycles. The first kappa shape index (κ1) is 15.0. The lowest BCUT2D eigenvalue weighted by atomic mass is 10.2. The van der Waals surface area contributed by atoms with Crippen LogP contribution < -0.4 is 0 Å². The fourth-order valence-corrected chi connectivity index (χ4v) is 1.39. The third-order valence-corrected chi connectivity index (χ3v) is 2.57. The van der Waals surface area contributed by atoms with E-state index < -0.39 is 23.2 Å². The molecule has 5 nitrogen and oxygen atoms in total. The minimum atomic E-state index is -1.33. The zero-order chi connectivity index (χ0) is 14.6. The minimum Gasteiger partial charge on any atom is -0.347 e. The highest BCUT2D eigenvalue weighted by atomic mass is 19.2. The Morgan fingerprint density at radius 2 is 1.95 bits per heavy atom. The zero-order valence-electron chi connectivity index (χ0n) is 11.0. The van der Waals surface area contributed by atoms with E-state index >= 15 is 0 Å². The van der Waals surface area contributed by atoms with Gasteiger partial charge in [-0.25, -0.2) is 9.37 Å². The van der Waals surface area contributed by atoms with Gasteiger partial charge in [0.2, 0.25) is 11.9 Å². The van der Waals surface area contributed by atoms with Crippen LogP contribution in [0.1, 0.15) is 17.3 Å². The number of carbonyl (C=O) groups excluding carboxylic acids is 2. The maximum absolute atomic E-state index is 13.5. The number of amides is 2. The largest absolute Gasteiger partial charge is 0.347 e. The van der Waals surface area contributed by atoms with Gasteiger partial charge in [0, 0.05) is 26.8 Å². The van der Waals surface area contributed by atoms with Crippen LogP contribution in [0.15, 0.2) is 12.3 Å². The standard InChI is InChI=1S/C12H15F2N3O2/c1-4-17(7-9(18)16(2)3)12(19)8-5-6-15-11(14)10(8)13/h5-6H,4,7H2,1-3H3. The zero-order valence-corrected chi connectivity index (χ0v) is 11.0. The van der Waals surface area contributed by atoms with Gasteiger partial charge in [0.15, 0.2) is 5.82 Å². The van der Waals surface area contributed by atoms with Gasteiger partial charge < -0.3 is 9.80 Å². The van der Waals surface area contributed by atoms with Crippen LogP contribution in [0.25, 0.3) is 0 Å². The van der Waals surface area contributed by atoms with Gasteiger partial charge in [0.1, 0.15) is 0 Å². The van der Waals surface area contributed by atoms with E-state index in [1.165, 1.54) is 4.90 Å². The summed E-state index contributed by atoms with van der Waals surface area (Å²) in [7, 11) is 3.10. The van der Waals surface area contributed by atoms with Crippen molar-refractivity contribution in [3.8, 4) is 0 Å². The molecule has 0 saturated heterocycles. The van der Waals surface area contributed by atoms with Crippen LogP contribution in [-0.2, 0) is 4.79 Å². The number of hydrogen-bond acceptors (Lipinski definition) is 3. The third kappa shape index (κ3) is 3.46. The van der Waals surface area contributed by atoms with Gasteiger partial charge in [-0.15, -0.1) is 0 Å². The third-order valence-electron chi connectivity index (χ3n) is 2.57. The molecule has 1 aromatic rings. The Labute approximate surface area is 109 Å². The van der Waals surface area contributed by atoms with Crippen molar-refractivity contribution in [2.75, 3.05) is 27.2 Å². The molecule has 0 aliphatic carbocycles. The molecule has 19 heavy (non-hydrogen) atoms. The molecule has 0 fully saturated rings. The molecule has 1 heterocycles. The first-order valence-corrected chi connectivity index (χ1v) is 5.67. The quantitative estimate of drug-likeness (QED) is 0.765. The van der Waals surface area contributed by atoms with Crippen LogP contribution in [-0.4, -0.2) is 53.8 Å². The smallest absolute Gasteiger partial charge is 0.257 e. The molecule has 0 saturated carbocycles. The summed E-state index contributed by atoms with van der Waals surface area (Å²) in [5.74, 6) is -3.68. The summed E-state index contributed by atoms with van der Waals surface area (Å²) in [5, 5.41) is 0. The van der Waals surface area contributed by atoms with Gasteiger partial charge in [0.05, 0.1) is 12.1 Å². The Balaban J connectivity index is 2.96. The number of rotatable bonds is 4. The number of aromatic nitrogens is 1. The molecule has 104 valence electrons. The predicted molar refractivity (Wildman–Crippen MR) is 64.4 cm³/mol. The van der Waals surface area contributed by atoms with Crippen molar-refractivity contribution in [1.29, 1.82) is 0 Å². The van der Waals surface area contributed by atoms with Gasteiger partial charge in [-0.3, -0.25) is 9.59 Å². The second-order valence-electron chi connectivity index (χ2n) is 4.07. The van der Waals surface area contributed by atoms with Crippen LogP contribution in [0, 0.1) is 11.8 Å². The molecule has 0 spiro atoms. The molecule has 0 bridgehead atoms. The maximum atomic E-state index is 13.5. The van der Waals surface area contributed by atoms with E-state index in [1.54, 1.807) is 21.0 Å². The fraction of sp³-hybridized carbons (Fsp3) is 0.417. The van der Waals surface area contributed by atoms with Gasteiger partial charge in [-0.05, 0) is 13.0 Å². The SMILES string of the molecule is CCN(CC(=O)N(C)C)C(=O)c1ccnc(F)c1F. The van der Waals surface area contributed by atoms with Gasteiger partial charge in [-0.2, -0.15) is 4.39 Å². The van der Waals surface area contributed by atoms with Crippen LogP contribution in [0.2, 0.25) is 0 Å². The molecular formula is C12H15F2N3O2. The molecule has 0 aliphatic rings. The van der Waals surface area contributed by atoms with Crippen LogP contribution in [0.5, 0.6) is 0 Å². The Hall–Kier alpha value is -2.05. The molecule has 0 unspecified atom stereocenters. The molecular weight excluding hydrogens is 256 g/mol. The number of halogens is 2.